The first-order valence-electron chi connectivity index (χ1n) is 5.72. The summed E-state index contributed by atoms with van der Waals surface area (Å²) in [5, 5.41) is -0.196. The fourth-order valence-electron chi connectivity index (χ4n) is 1.79. The van der Waals surface area contributed by atoms with E-state index in [1.54, 1.807) is 23.9 Å². The zero-order chi connectivity index (χ0) is 13.0. The molecule has 0 amide bonds. The lowest BCUT2D eigenvalue weighted by Gasteiger charge is -2.11. The average molecular weight is 281 g/mol. The van der Waals surface area contributed by atoms with Crippen LogP contribution in [0.25, 0.3) is 0 Å². The van der Waals surface area contributed by atoms with Crippen molar-refractivity contribution in [3.05, 3.63) is 65.5 Å². The highest BCUT2D eigenvalue weighted by atomic mass is 35.5. The Balaban J connectivity index is 2.11. The first-order valence-corrected chi connectivity index (χ1v) is 7.38. The Morgan fingerprint density at radius 2 is 1.78 bits per heavy atom. The third kappa shape index (κ3) is 3.27. The van der Waals surface area contributed by atoms with E-state index in [-0.39, 0.29) is 11.2 Å². The molecule has 0 saturated carbocycles. The molecule has 2 rings (SSSR count). The first-order chi connectivity index (χ1) is 8.70. The molecule has 0 aliphatic rings. The van der Waals surface area contributed by atoms with Crippen molar-refractivity contribution in [3.8, 4) is 0 Å². The number of benzene rings is 2. The van der Waals surface area contributed by atoms with Gasteiger partial charge in [-0.2, -0.15) is 0 Å². The summed E-state index contributed by atoms with van der Waals surface area (Å²) in [5.41, 5.74) is 1.68. The molecule has 0 nitrogen and oxygen atoms in total. The molecule has 3 heteroatoms. The van der Waals surface area contributed by atoms with E-state index in [0.717, 1.165) is 5.56 Å². The van der Waals surface area contributed by atoms with Crippen LogP contribution in [0, 0.1) is 5.82 Å². The largest absolute Gasteiger partial charge is 0.207 e. The van der Waals surface area contributed by atoms with Gasteiger partial charge in [-0.15, -0.1) is 23.4 Å². The maximum Gasteiger partial charge on any atom is 0.126 e. The van der Waals surface area contributed by atoms with Crippen LogP contribution in [0.5, 0.6) is 0 Å². The van der Waals surface area contributed by atoms with E-state index >= 15 is 0 Å². The molecule has 18 heavy (non-hydrogen) atoms. The molecule has 0 radical (unpaired) electrons. The van der Waals surface area contributed by atoms with Crippen LogP contribution in [0.1, 0.15) is 16.5 Å². The Kier molecular flexibility index (Phi) is 4.67. The van der Waals surface area contributed by atoms with E-state index in [4.69, 9.17) is 11.6 Å². The summed E-state index contributed by atoms with van der Waals surface area (Å²) in [5.74, 6) is -0.191. The molecule has 0 aliphatic carbocycles. The van der Waals surface area contributed by atoms with E-state index in [0.29, 0.717) is 12.0 Å². The topological polar surface area (TPSA) is 0 Å². The number of halogens is 2. The van der Waals surface area contributed by atoms with Crippen LogP contribution in [-0.4, -0.2) is 6.26 Å². The van der Waals surface area contributed by atoms with Crippen LogP contribution in [-0.2, 0) is 6.42 Å². The van der Waals surface area contributed by atoms with Gasteiger partial charge in [-0.1, -0.05) is 30.3 Å². The van der Waals surface area contributed by atoms with Crippen LogP contribution in [0.15, 0.2) is 53.4 Å². The van der Waals surface area contributed by atoms with Gasteiger partial charge in [-0.3, -0.25) is 0 Å². The van der Waals surface area contributed by atoms with E-state index < -0.39 is 0 Å². The van der Waals surface area contributed by atoms with Crippen LogP contribution < -0.4 is 0 Å². The monoisotopic (exact) mass is 280 g/mol. The Morgan fingerprint density at radius 3 is 2.39 bits per heavy atom. The summed E-state index contributed by atoms with van der Waals surface area (Å²) in [6.45, 7) is 0. The van der Waals surface area contributed by atoms with Crippen LogP contribution in [0.2, 0.25) is 0 Å². The minimum absolute atomic E-state index is 0.191. The van der Waals surface area contributed by atoms with Gasteiger partial charge in [-0.25, -0.2) is 4.39 Å². The van der Waals surface area contributed by atoms with Crippen LogP contribution in [0.4, 0.5) is 4.39 Å². The second-order valence-electron chi connectivity index (χ2n) is 4.04. The van der Waals surface area contributed by atoms with Crippen molar-refractivity contribution >= 4 is 23.4 Å². The molecule has 2 aromatic rings. The predicted octanol–water partition coefficient (Wildman–Crippen LogP) is 5.07. The number of thioether (sulfide) groups is 1. The highest BCUT2D eigenvalue weighted by Gasteiger charge is 2.11. The SMILES string of the molecule is CSc1ccc(C(Cl)Cc2ccccc2F)cc1. The summed E-state index contributed by atoms with van der Waals surface area (Å²) >= 11 is 8.03. The molecular formula is C15H14ClFS. The molecule has 0 N–H and O–H groups in total. The number of hydrogen-bond donors (Lipinski definition) is 0. The molecule has 0 aliphatic heterocycles. The maximum absolute atomic E-state index is 13.5. The molecule has 0 bridgehead atoms. The predicted molar refractivity (Wildman–Crippen MR) is 76.9 cm³/mol. The zero-order valence-electron chi connectivity index (χ0n) is 10.1. The van der Waals surface area contributed by atoms with Gasteiger partial charge in [0.1, 0.15) is 5.82 Å². The average Bonchev–Trinajstić information content (AvgIpc) is 2.41. The second-order valence-corrected chi connectivity index (χ2v) is 5.44. The van der Waals surface area contributed by atoms with Crippen LogP contribution in [0.3, 0.4) is 0 Å². The van der Waals surface area contributed by atoms with Crippen molar-refractivity contribution in [1.29, 1.82) is 0 Å². The van der Waals surface area contributed by atoms with Crippen molar-refractivity contribution in [2.24, 2.45) is 0 Å². The molecule has 94 valence electrons. The normalized spacial score (nSPS) is 12.4. The van der Waals surface area contributed by atoms with Crippen molar-refractivity contribution < 1.29 is 4.39 Å². The van der Waals surface area contributed by atoms with Gasteiger partial charge in [0.15, 0.2) is 0 Å². The van der Waals surface area contributed by atoms with Gasteiger partial charge in [0.2, 0.25) is 0 Å². The Hall–Kier alpha value is -0.990. The van der Waals surface area contributed by atoms with Crippen molar-refractivity contribution in [2.75, 3.05) is 6.26 Å². The summed E-state index contributed by atoms with van der Waals surface area (Å²) in [7, 11) is 0. The molecule has 0 spiro atoms. The molecule has 0 saturated heterocycles. The van der Waals surface area contributed by atoms with Crippen molar-refractivity contribution in [1.82, 2.24) is 0 Å². The van der Waals surface area contributed by atoms with Gasteiger partial charge >= 0.3 is 0 Å². The molecule has 1 unspecified atom stereocenters. The van der Waals surface area contributed by atoms with Crippen LogP contribution >= 0.6 is 23.4 Å². The minimum atomic E-state index is -0.196. The number of hydrogen-bond acceptors (Lipinski definition) is 1. The van der Waals surface area contributed by atoms with E-state index in [1.165, 1.54) is 11.0 Å². The third-order valence-corrected chi connectivity index (χ3v) is 3.98. The zero-order valence-corrected chi connectivity index (χ0v) is 11.6. The lowest BCUT2D eigenvalue weighted by molar-refractivity contribution is 0.607. The summed E-state index contributed by atoms with van der Waals surface area (Å²) in [4.78, 5) is 1.20. The molecule has 1 atom stereocenters. The van der Waals surface area contributed by atoms with Gasteiger partial charge in [-0.05, 0) is 42.0 Å². The fourth-order valence-corrected chi connectivity index (χ4v) is 2.51. The molecule has 0 aromatic heterocycles. The highest BCUT2D eigenvalue weighted by molar-refractivity contribution is 7.98. The van der Waals surface area contributed by atoms with E-state index in [1.807, 2.05) is 36.6 Å². The Labute approximate surface area is 116 Å². The maximum atomic E-state index is 13.5. The van der Waals surface area contributed by atoms with E-state index in [2.05, 4.69) is 0 Å². The highest BCUT2D eigenvalue weighted by Crippen LogP contribution is 2.27. The summed E-state index contributed by atoms with van der Waals surface area (Å²) < 4.78 is 13.5. The Morgan fingerprint density at radius 1 is 1.11 bits per heavy atom. The van der Waals surface area contributed by atoms with Gasteiger partial charge in [0.25, 0.3) is 0 Å². The van der Waals surface area contributed by atoms with E-state index in [9.17, 15) is 4.39 Å². The molecule has 0 fully saturated rings. The van der Waals surface area contributed by atoms with Gasteiger partial charge in [0, 0.05) is 4.90 Å². The molecule has 2 aromatic carbocycles. The quantitative estimate of drug-likeness (QED) is 0.556. The number of alkyl halides is 1. The lowest BCUT2D eigenvalue weighted by atomic mass is 10.0. The third-order valence-electron chi connectivity index (χ3n) is 2.83. The second kappa shape index (κ2) is 6.26. The number of rotatable bonds is 4. The van der Waals surface area contributed by atoms with Crippen molar-refractivity contribution in [3.63, 3.8) is 0 Å². The minimum Gasteiger partial charge on any atom is -0.207 e. The van der Waals surface area contributed by atoms with Gasteiger partial charge < -0.3 is 0 Å². The first kappa shape index (κ1) is 13.4. The lowest BCUT2D eigenvalue weighted by Crippen LogP contribution is -1.98. The summed E-state index contributed by atoms with van der Waals surface area (Å²) in [6.07, 6.45) is 2.54. The van der Waals surface area contributed by atoms with Gasteiger partial charge in [0.05, 0.1) is 5.38 Å². The standard InChI is InChI=1S/C15H14ClFS/c1-18-13-8-6-11(7-9-13)14(16)10-12-4-2-3-5-15(12)17/h2-9,14H,10H2,1H3. The Bertz CT molecular complexity index is 510. The summed E-state index contributed by atoms with van der Waals surface area (Å²) in [6, 6.07) is 14.9. The van der Waals surface area contributed by atoms with Crippen molar-refractivity contribution in [2.45, 2.75) is 16.7 Å². The molecular weight excluding hydrogens is 267 g/mol. The smallest absolute Gasteiger partial charge is 0.126 e. The molecule has 0 heterocycles. The fraction of sp³-hybridized carbons (Fsp3) is 0.200.